The molecular formula is C20H14Cl4N2O2. The number of anilines is 2. The highest BCUT2D eigenvalue weighted by molar-refractivity contribution is 6.48. The Kier molecular flexibility index (Phi) is 8.61. The first-order valence-corrected chi connectivity index (χ1v) is 9.48. The topological polar surface area (TPSA) is 58.2 Å². The number of nitrogens with one attached hydrogen (secondary N) is 2. The second kappa shape index (κ2) is 10.9. The zero-order valence-electron chi connectivity index (χ0n) is 14.3. The van der Waals surface area contributed by atoms with Crippen molar-refractivity contribution in [3.05, 3.63) is 80.8 Å². The number of hydrogen-bond acceptors (Lipinski definition) is 2. The van der Waals surface area contributed by atoms with Crippen LogP contribution in [0, 0.1) is 0 Å². The van der Waals surface area contributed by atoms with E-state index in [4.69, 9.17) is 46.4 Å². The molecule has 4 nitrogen and oxygen atoms in total. The van der Waals surface area contributed by atoms with Crippen LogP contribution >= 0.6 is 46.4 Å². The highest BCUT2D eigenvalue weighted by Crippen LogP contribution is 2.17. The van der Waals surface area contributed by atoms with E-state index in [0.29, 0.717) is 11.4 Å². The first-order valence-electron chi connectivity index (χ1n) is 7.85. The van der Waals surface area contributed by atoms with E-state index in [0.717, 1.165) is 22.2 Å². The van der Waals surface area contributed by atoms with Crippen LogP contribution in [0.1, 0.15) is 11.1 Å². The Morgan fingerprint density at radius 1 is 0.643 bits per heavy atom. The molecule has 0 atom stereocenters. The predicted molar refractivity (Wildman–Crippen MR) is 119 cm³/mol. The Hall–Kier alpha value is -2.24. The van der Waals surface area contributed by atoms with Gasteiger partial charge in [0.25, 0.3) is 11.8 Å². The zero-order chi connectivity index (χ0) is 20.5. The van der Waals surface area contributed by atoms with E-state index in [2.05, 4.69) is 10.6 Å². The fourth-order valence-corrected chi connectivity index (χ4v) is 2.32. The van der Waals surface area contributed by atoms with Gasteiger partial charge in [0.05, 0.1) is 0 Å². The summed E-state index contributed by atoms with van der Waals surface area (Å²) >= 11 is 22.1. The van der Waals surface area contributed by atoms with Crippen LogP contribution in [0.25, 0.3) is 12.2 Å². The van der Waals surface area contributed by atoms with Crippen molar-refractivity contribution in [2.24, 2.45) is 0 Å². The van der Waals surface area contributed by atoms with Crippen LogP contribution < -0.4 is 10.6 Å². The number of halogens is 4. The summed E-state index contributed by atoms with van der Waals surface area (Å²) in [5, 5.41) is 5.06. The maximum Gasteiger partial charge on any atom is 0.268 e. The van der Waals surface area contributed by atoms with E-state index in [9.17, 15) is 9.59 Å². The van der Waals surface area contributed by atoms with Crippen LogP contribution in [0.3, 0.4) is 0 Å². The molecule has 0 aliphatic carbocycles. The van der Waals surface area contributed by atoms with Crippen molar-refractivity contribution in [2.45, 2.75) is 0 Å². The molecule has 8 heteroatoms. The first kappa shape index (κ1) is 22.1. The molecule has 0 aliphatic heterocycles. The molecular weight excluding hydrogens is 442 g/mol. The smallest absolute Gasteiger partial charge is 0.268 e. The number of rotatable bonds is 6. The molecule has 0 unspecified atom stereocenters. The maximum absolute atomic E-state index is 11.6. The van der Waals surface area contributed by atoms with Crippen LogP contribution in [0.2, 0.25) is 0 Å². The molecule has 0 fully saturated rings. The molecule has 0 heterocycles. The molecule has 0 spiro atoms. The summed E-state index contributed by atoms with van der Waals surface area (Å²) in [7, 11) is 0. The highest BCUT2D eigenvalue weighted by Gasteiger charge is 2.06. The summed E-state index contributed by atoms with van der Waals surface area (Å²) in [6, 6.07) is 14.4. The average molecular weight is 456 g/mol. The standard InChI is InChI=1S/C20H14Cl4N2O2/c21-11-17(23)19(27)25-15-7-3-13(4-8-15)1-2-14-5-9-16(10-6-14)26-20(28)18(24)12-22/h1-12H,(H,25,27)(H,26,28)/b2-1+,17-11-,18-12-. The minimum atomic E-state index is -0.477. The molecule has 0 aromatic heterocycles. The van der Waals surface area contributed by atoms with Crippen LogP contribution in [0.4, 0.5) is 11.4 Å². The van der Waals surface area contributed by atoms with Gasteiger partial charge in [0, 0.05) is 22.4 Å². The van der Waals surface area contributed by atoms with Crippen molar-refractivity contribution in [3.63, 3.8) is 0 Å². The van der Waals surface area contributed by atoms with Gasteiger partial charge < -0.3 is 10.6 Å². The van der Waals surface area contributed by atoms with Crippen molar-refractivity contribution >= 4 is 81.7 Å². The summed E-state index contributed by atoms with van der Waals surface area (Å²) < 4.78 is 0. The van der Waals surface area contributed by atoms with Crippen molar-refractivity contribution in [1.82, 2.24) is 0 Å². The van der Waals surface area contributed by atoms with Crippen LogP contribution in [-0.4, -0.2) is 11.8 Å². The predicted octanol–water partition coefficient (Wildman–Crippen LogP) is 6.37. The molecule has 28 heavy (non-hydrogen) atoms. The van der Waals surface area contributed by atoms with Gasteiger partial charge >= 0.3 is 0 Å². The molecule has 0 saturated carbocycles. The summed E-state index contributed by atoms with van der Waals surface area (Å²) in [6.45, 7) is 0. The third-order valence-electron chi connectivity index (χ3n) is 3.43. The molecule has 2 aromatic carbocycles. The summed E-state index contributed by atoms with van der Waals surface area (Å²) in [4.78, 5) is 23.3. The highest BCUT2D eigenvalue weighted by atomic mass is 35.5. The molecule has 2 aromatic rings. The van der Waals surface area contributed by atoms with Crippen molar-refractivity contribution in [3.8, 4) is 0 Å². The second-order valence-corrected chi connectivity index (χ2v) is 6.65. The lowest BCUT2D eigenvalue weighted by molar-refractivity contribution is -0.113. The lowest BCUT2D eigenvalue weighted by Gasteiger charge is -2.05. The Morgan fingerprint density at radius 2 is 0.964 bits per heavy atom. The third kappa shape index (κ3) is 6.73. The van der Waals surface area contributed by atoms with Crippen LogP contribution in [0.5, 0.6) is 0 Å². The second-order valence-electron chi connectivity index (χ2n) is 5.40. The van der Waals surface area contributed by atoms with Crippen molar-refractivity contribution < 1.29 is 9.59 Å². The Morgan fingerprint density at radius 3 is 1.25 bits per heavy atom. The number of carbonyl (C=O) groups excluding carboxylic acids is 2. The summed E-state index contributed by atoms with van der Waals surface area (Å²) in [5.41, 5.74) is 5.09. The third-order valence-corrected chi connectivity index (χ3v) is 4.65. The fraction of sp³-hybridized carbons (Fsp3) is 0. The molecule has 2 N–H and O–H groups in total. The van der Waals surface area contributed by atoms with Gasteiger partial charge in [0.15, 0.2) is 0 Å². The number of benzene rings is 2. The van der Waals surface area contributed by atoms with E-state index in [-0.39, 0.29) is 10.1 Å². The van der Waals surface area contributed by atoms with Gasteiger partial charge in [-0.15, -0.1) is 0 Å². The summed E-state index contributed by atoms with van der Waals surface area (Å²) in [6.07, 6.45) is 3.83. The quantitative estimate of drug-likeness (QED) is 0.392. The zero-order valence-corrected chi connectivity index (χ0v) is 17.3. The SMILES string of the molecule is O=C(Nc1ccc(/C=C/c2ccc(NC(=O)/C(Cl)=C/Cl)cc2)cc1)/C(Cl)=C/Cl. The minimum Gasteiger partial charge on any atom is -0.321 e. The van der Waals surface area contributed by atoms with Gasteiger partial charge in [-0.1, -0.05) is 82.8 Å². The van der Waals surface area contributed by atoms with Gasteiger partial charge in [0.1, 0.15) is 10.1 Å². The minimum absolute atomic E-state index is 0.0915. The Bertz CT molecular complexity index is 856. The van der Waals surface area contributed by atoms with Gasteiger partial charge in [-0.2, -0.15) is 0 Å². The first-order chi connectivity index (χ1) is 13.4. The number of hydrogen-bond donors (Lipinski definition) is 2. The summed E-state index contributed by atoms with van der Waals surface area (Å²) in [5.74, 6) is -0.954. The molecule has 0 radical (unpaired) electrons. The van der Waals surface area contributed by atoms with E-state index in [1.807, 2.05) is 36.4 Å². The van der Waals surface area contributed by atoms with E-state index >= 15 is 0 Å². The van der Waals surface area contributed by atoms with Crippen molar-refractivity contribution in [2.75, 3.05) is 10.6 Å². The van der Waals surface area contributed by atoms with Crippen LogP contribution in [0.15, 0.2) is 69.7 Å². The molecule has 0 saturated heterocycles. The van der Waals surface area contributed by atoms with E-state index in [1.54, 1.807) is 24.3 Å². The molecule has 2 rings (SSSR count). The number of amides is 2. The maximum atomic E-state index is 11.6. The lowest BCUT2D eigenvalue weighted by atomic mass is 10.1. The molecule has 144 valence electrons. The lowest BCUT2D eigenvalue weighted by Crippen LogP contribution is -2.10. The Labute approximate surface area is 182 Å². The van der Waals surface area contributed by atoms with Crippen LogP contribution in [-0.2, 0) is 9.59 Å². The molecule has 0 aliphatic rings. The number of carbonyl (C=O) groups is 2. The monoisotopic (exact) mass is 454 g/mol. The normalized spacial score (nSPS) is 12.1. The van der Waals surface area contributed by atoms with Gasteiger partial charge in [-0.25, -0.2) is 0 Å². The van der Waals surface area contributed by atoms with E-state index in [1.165, 1.54) is 0 Å². The fourth-order valence-electron chi connectivity index (χ4n) is 2.03. The van der Waals surface area contributed by atoms with Gasteiger partial charge in [0.2, 0.25) is 0 Å². The average Bonchev–Trinajstić information content (AvgIpc) is 2.72. The molecule has 0 bridgehead atoms. The van der Waals surface area contributed by atoms with Gasteiger partial charge in [-0.3, -0.25) is 9.59 Å². The molecule has 2 amide bonds. The largest absolute Gasteiger partial charge is 0.321 e. The van der Waals surface area contributed by atoms with Crippen molar-refractivity contribution in [1.29, 1.82) is 0 Å². The van der Waals surface area contributed by atoms with E-state index < -0.39 is 11.8 Å². The van der Waals surface area contributed by atoms with Gasteiger partial charge in [-0.05, 0) is 35.4 Å². The Balaban J connectivity index is 1.98.